The Morgan fingerprint density at radius 1 is 1.24 bits per heavy atom. The Labute approximate surface area is 194 Å². The lowest BCUT2D eigenvalue weighted by molar-refractivity contribution is -0.131. The van der Waals surface area contributed by atoms with E-state index in [1.54, 1.807) is 13.1 Å². The zero-order valence-electron chi connectivity index (χ0n) is 16.5. The number of aliphatic imine (C=N–C) groups is 1. The van der Waals surface area contributed by atoms with Crippen LogP contribution in [0.5, 0.6) is 0 Å². The van der Waals surface area contributed by atoms with E-state index in [2.05, 4.69) is 15.2 Å². The quantitative estimate of drug-likeness (QED) is 0.348. The van der Waals surface area contributed by atoms with Gasteiger partial charge in [-0.3, -0.25) is 9.79 Å². The van der Waals surface area contributed by atoms with Crippen LogP contribution in [0.4, 0.5) is 0 Å². The minimum Gasteiger partial charge on any atom is -0.356 e. The third-order valence-electron chi connectivity index (χ3n) is 5.26. The van der Waals surface area contributed by atoms with E-state index in [0.717, 1.165) is 11.5 Å². The molecule has 0 bridgehead atoms. The van der Waals surface area contributed by atoms with Gasteiger partial charge < -0.3 is 15.1 Å². The molecule has 7 nitrogen and oxygen atoms in total. The summed E-state index contributed by atoms with van der Waals surface area (Å²) < 4.78 is 23.2. The number of hydrogen-bond acceptors (Lipinski definition) is 4. The smallest absolute Gasteiger partial charge is 0.227 e. The molecule has 10 heteroatoms. The van der Waals surface area contributed by atoms with Crippen LogP contribution in [0.25, 0.3) is 0 Å². The highest BCUT2D eigenvalue weighted by atomic mass is 127. The van der Waals surface area contributed by atoms with Gasteiger partial charge in [-0.25, -0.2) is 8.42 Å². The molecule has 0 aliphatic carbocycles. The number of halogens is 2. The number of amides is 1. The minimum absolute atomic E-state index is 0. The molecule has 3 rings (SSSR count). The molecule has 2 saturated heterocycles. The van der Waals surface area contributed by atoms with E-state index in [1.807, 2.05) is 23.1 Å². The van der Waals surface area contributed by atoms with E-state index in [0.29, 0.717) is 50.6 Å². The van der Waals surface area contributed by atoms with Crippen molar-refractivity contribution in [2.24, 2.45) is 10.9 Å². The first-order valence-electron chi connectivity index (χ1n) is 9.54. The average molecular weight is 555 g/mol. The maximum atomic E-state index is 12.5. The summed E-state index contributed by atoms with van der Waals surface area (Å²) >= 11 is 5.99. The maximum absolute atomic E-state index is 12.5. The Morgan fingerprint density at radius 2 is 1.93 bits per heavy atom. The molecule has 0 radical (unpaired) electrons. The van der Waals surface area contributed by atoms with E-state index in [-0.39, 0.29) is 47.3 Å². The van der Waals surface area contributed by atoms with Crippen LogP contribution in [0, 0.1) is 5.92 Å². The normalized spacial score (nSPS) is 21.6. The number of hydrogen-bond donors (Lipinski definition) is 1. The molecule has 2 aliphatic heterocycles. The van der Waals surface area contributed by atoms with E-state index in [4.69, 9.17) is 11.6 Å². The Morgan fingerprint density at radius 3 is 2.52 bits per heavy atom. The van der Waals surface area contributed by atoms with Gasteiger partial charge in [-0.05, 0) is 30.0 Å². The van der Waals surface area contributed by atoms with Gasteiger partial charge in [-0.2, -0.15) is 0 Å². The molecule has 0 aromatic heterocycles. The van der Waals surface area contributed by atoms with Crippen molar-refractivity contribution in [3.05, 3.63) is 34.9 Å². The first-order valence-corrected chi connectivity index (χ1v) is 11.7. The monoisotopic (exact) mass is 554 g/mol. The van der Waals surface area contributed by atoms with Gasteiger partial charge in [0.15, 0.2) is 15.8 Å². The van der Waals surface area contributed by atoms with Crippen LogP contribution in [0.15, 0.2) is 29.3 Å². The molecule has 2 heterocycles. The molecule has 1 atom stereocenters. The molecule has 29 heavy (non-hydrogen) atoms. The highest BCUT2D eigenvalue weighted by Crippen LogP contribution is 2.17. The second-order valence-corrected chi connectivity index (χ2v) is 10.0. The van der Waals surface area contributed by atoms with Gasteiger partial charge in [0.25, 0.3) is 0 Å². The lowest BCUT2D eigenvalue weighted by Gasteiger charge is -2.36. The zero-order valence-corrected chi connectivity index (χ0v) is 20.4. The summed E-state index contributed by atoms with van der Waals surface area (Å²) in [5, 5.41) is 3.94. The largest absolute Gasteiger partial charge is 0.356 e. The molecule has 2 fully saturated rings. The molecular formula is C19H28ClIN4O3S. The van der Waals surface area contributed by atoms with Gasteiger partial charge in [0, 0.05) is 44.8 Å². The zero-order chi connectivity index (χ0) is 20.1. The summed E-state index contributed by atoms with van der Waals surface area (Å²) in [4.78, 5) is 20.9. The van der Waals surface area contributed by atoms with Crippen molar-refractivity contribution in [3.8, 4) is 0 Å². The first-order chi connectivity index (χ1) is 13.4. The molecule has 0 spiro atoms. The summed E-state index contributed by atoms with van der Waals surface area (Å²) in [5.41, 5.74) is 0.920. The van der Waals surface area contributed by atoms with Gasteiger partial charge in [0.05, 0.1) is 17.9 Å². The van der Waals surface area contributed by atoms with Crippen molar-refractivity contribution < 1.29 is 13.2 Å². The van der Waals surface area contributed by atoms with Crippen LogP contribution in [0.2, 0.25) is 5.02 Å². The number of benzene rings is 1. The number of carbonyl (C=O) groups is 1. The number of piperazine rings is 1. The third-order valence-corrected chi connectivity index (χ3v) is 7.34. The fraction of sp³-hybridized carbons (Fsp3) is 0.579. The summed E-state index contributed by atoms with van der Waals surface area (Å²) in [5.74, 6) is 1.54. The molecule has 2 aliphatic rings. The number of nitrogens with one attached hydrogen (secondary N) is 1. The van der Waals surface area contributed by atoms with E-state index in [1.165, 1.54) is 0 Å². The number of sulfone groups is 1. The van der Waals surface area contributed by atoms with Crippen molar-refractivity contribution in [2.45, 2.75) is 12.8 Å². The van der Waals surface area contributed by atoms with Gasteiger partial charge in [-0.15, -0.1) is 24.0 Å². The predicted molar refractivity (Wildman–Crippen MR) is 127 cm³/mol. The van der Waals surface area contributed by atoms with E-state index in [9.17, 15) is 13.2 Å². The topological polar surface area (TPSA) is 82.1 Å². The lowest BCUT2D eigenvalue weighted by atomic mass is 10.1. The first kappa shape index (κ1) is 24.2. The molecular weight excluding hydrogens is 527 g/mol. The van der Waals surface area contributed by atoms with Gasteiger partial charge in [-0.1, -0.05) is 23.7 Å². The summed E-state index contributed by atoms with van der Waals surface area (Å²) in [6.45, 7) is 3.28. The Bertz CT molecular complexity index is 842. The number of carbonyl (C=O) groups excluding carboxylic acids is 1. The number of guanidine groups is 1. The summed E-state index contributed by atoms with van der Waals surface area (Å²) in [6, 6.07) is 7.39. The maximum Gasteiger partial charge on any atom is 0.227 e. The average Bonchev–Trinajstić information content (AvgIpc) is 3.01. The van der Waals surface area contributed by atoms with Gasteiger partial charge in [0.2, 0.25) is 5.91 Å². The van der Waals surface area contributed by atoms with E-state index >= 15 is 0 Å². The molecule has 0 saturated carbocycles. The van der Waals surface area contributed by atoms with Gasteiger partial charge in [0.1, 0.15) is 0 Å². The third kappa shape index (κ3) is 6.99. The Hall–Kier alpha value is -1.07. The molecule has 1 N–H and O–H groups in total. The van der Waals surface area contributed by atoms with Crippen LogP contribution in [0.1, 0.15) is 12.0 Å². The van der Waals surface area contributed by atoms with Crippen molar-refractivity contribution >= 4 is 57.3 Å². The fourth-order valence-corrected chi connectivity index (χ4v) is 5.78. The van der Waals surface area contributed by atoms with Crippen molar-refractivity contribution in [1.82, 2.24) is 15.1 Å². The predicted octanol–water partition coefficient (Wildman–Crippen LogP) is 1.65. The minimum atomic E-state index is -2.87. The second-order valence-electron chi connectivity index (χ2n) is 7.37. The van der Waals surface area contributed by atoms with Crippen LogP contribution in [-0.4, -0.2) is 81.4 Å². The molecule has 1 unspecified atom stereocenters. The van der Waals surface area contributed by atoms with Crippen LogP contribution in [0.3, 0.4) is 0 Å². The standard InChI is InChI=1S/C19H27ClN4O3S.HI/c1-21-19(22-13-16-5-10-28(26,27)14-16)24-8-6-23(7-9-24)18(25)12-15-3-2-4-17(20)11-15;/h2-4,11,16H,5-10,12-14H2,1H3,(H,21,22);1H. The summed E-state index contributed by atoms with van der Waals surface area (Å²) in [6.07, 6.45) is 1.06. The highest BCUT2D eigenvalue weighted by Gasteiger charge is 2.29. The molecule has 1 aromatic rings. The van der Waals surface area contributed by atoms with Crippen molar-refractivity contribution in [3.63, 3.8) is 0 Å². The SMILES string of the molecule is CN=C(NCC1CCS(=O)(=O)C1)N1CCN(C(=O)Cc2cccc(Cl)c2)CC1.I. The van der Waals surface area contributed by atoms with Gasteiger partial charge >= 0.3 is 0 Å². The highest BCUT2D eigenvalue weighted by molar-refractivity contribution is 14.0. The number of rotatable bonds is 4. The van der Waals surface area contributed by atoms with Crippen LogP contribution in [-0.2, 0) is 21.1 Å². The Kier molecular flexibility index (Phi) is 9.02. The fourth-order valence-electron chi connectivity index (χ4n) is 3.70. The molecule has 1 aromatic carbocycles. The van der Waals surface area contributed by atoms with Crippen molar-refractivity contribution in [2.75, 3.05) is 51.3 Å². The lowest BCUT2D eigenvalue weighted by Crippen LogP contribution is -2.54. The van der Waals surface area contributed by atoms with Crippen molar-refractivity contribution in [1.29, 1.82) is 0 Å². The van der Waals surface area contributed by atoms with Crippen LogP contribution < -0.4 is 5.32 Å². The number of nitrogens with zero attached hydrogens (tertiary/aromatic N) is 3. The Balaban J connectivity index is 0.00000300. The van der Waals surface area contributed by atoms with E-state index < -0.39 is 9.84 Å². The molecule has 1 amide bonds. The van der Waals surface area contributed by atoms with Crippen LogP contribution >= 0.6 is 35.6 Å². The summed E-state index contributed by atoms with van der Waals surface area (Å²) in [7, 11) is -1.14. The second kappa shape index (κ2) is 10.8. The molecule has 162 valence electrons.